The number of rotatable bonds is 2. The van der Waals surface area contributed by atoms with Crippen molar-refractivity contribution in [1.82, 2.24) is 0 Å². The van der Waals surface area contributed by atoms with Gasteiger partial charge in [0, 0.05) is 16.1 Å². The molecule has 0 heterocycles. The van der Waals surface area contributed by atoms with Gasteiger partial charge in [0.25, 0.3) is 0 Å². The van der Waals surface area contributed by atoms with Gasteiger partial charge in [-0.2, -0.15) is 0 Å². The Morgan fingerprint density at radius 3 is 2.18 bits per heavy atom. The summed E-state index contributed by atoms with van der Waals surface area (Å²) >= 11 is 1.22. The zero-order valence-corrected chi connectivity index (χ0v) is 10.3. The predicted octanol–water partition coefficient (Wildman–Crippen LogP) is 3.51. The van der Waals surface area contributed by atoms with Crippen molar-refractivity contribution in [2.45, 2.75) is 11.8 Å². The third-order valence-corrected chi connectivity index (χ3v) is 3.31. The summed E-state index contributed by atoms with van der Waals surface area (Å²) in [5.74, 6) is 0. The summed E-state index contributed by atoms with van der Waals surface area (Å²) in [5, 5.41) is 0.0507. The lowest BCUT2D eigenvalue weighted by Crippen LogP contribution is -1.93. The van der Waals surface area contributed by atoms with Crippen LogP contribution in [-0.4, -0.2) is 5.12 Å². The van der Waals surface area contributed by atoms with Crippen LogP contribution >= 0.6 is 11.8 Å². The summed E-state index contributed by atoms with van der Waals surface area (Å²) in [5.41, 5.74) is 8.17. The standard InChI is InChI=1S/C14H13NOS/c1-10-2-4-11(5-3-10)14(16)17-13-8-6-12(15)7-9-13/h2-9H,15H2,1H3. The monoisotopic (exact) mass is 243 g/mol. The molecule has 0 aromatic heterocycles. The number of nitrogens with two attached hydrogens (primary N) is 1. The molecule has 0 fully saturated rings. The van der Waals surface area contributed by atoms with Crippen molar-refractivity contribution < 1.29 is 4.79 Å². The smallest absolute Gasteiger partial charge is 0.224 e. The maximum absolute atomic E-state index is 11.9. The lowest BCUT2D eigenvalue weighted by Gasteiger charge is -2.02. The number of aryl methyl sites for hydroxylation is 1. The first-order chi connectivity index (χ1) is 8.15. The summed E-state index contributed by atoms with van der Waals surface area (Å²) in [6.07, 6.45) is 0. The van der Waals surface area contributed by atoms with Crippen molar-refractivity contribution in [2.75, 3.05) is 5.73 Å². The van der Waals surface area contributed by atoms with Crippen molar-refractivity contribution in [1.29, 1.82) is 0 Å². The van der Waals surface area contributed by atoms with E-state index in [2.05, 4.69) is 0 Å². The molecule has 0 spiro atoms. The molecule has 0 unspecified atom stereocenters. The Bertz CT molecular complexity index is 517. The maximum atomic E-state index is 11.9. The van der Waals surface area contributed by atoms with E-state index in [1.807, 2.05) is 43.3 Å². The first-order valence-corrected chi connectivity index (χ1v) is 6.11. The van der Waals surface area contributed by atoms with Crippen LogP contribution in [0, 0.1) is 6.92 Å². The first kappa shape index (κ1) is 11.7. The van der Waals surface area contributed by atoms with Gasteiger partial charge in [-0.15, -0.1) is 0 Å². The minimum atomic E-state index is 0.0507. The number of thioether (sulfide) groups is 1. The Morgan fingerprint density at radius 1 is 1.00 bits per heavy atom. The summed E-state index contributed by atoms with van der Waals surface area (Å²) in [6, 6.07) is 14.9. The quantitative estimate of drug-likeness (QED) is 0.648. The van der Waals surface area contributed by atoms with Crippen LogP contribution in [0.5, 0.6) is 0 Å². The minimum absolute atomic E-state index is 0.0507. The fraction of sp³-hybridized carbons (Fsp3) is 0.0714. The summed E-state index contributed by atoms with van der Waals surface area (Å²) in [6.45, 7) is 2.00. The van der Waals surface area contributed by atoms with Gasteiger partial charge in [-0.3, -0.25) is 4.79 Å². The number of hydrogen-bond acceptors (Lipinski definition) is 3. The molecule has 2 rings (SSSR count). The van der Waals surface area contributed by atoms with E-state index in [1.54, 1.807) is 12.1 Å². The van der Waals surface area contributed by atoms with E-state index in [-0.39, 0.29) is 5.12 Å². The van der Waals surface area contributed by atoms with Gasteiger partial charge in [0.2, 0.25) is 5.12 Å². The van der Waals surface area contributed by atoms with Crippen LogP contribution in [0.3, 0.4) is 0 Å². The number of benzene rings is 2. The van der Waals surface area contributed by atoms with Crippen molar-refractivity contribution in [3.8, 4) is 0 Å². The second-order valence-corrected chi connectivity index (χ2v) is 4.87. The minimum Gasteiger partial charge on any atom is -0.399 e. The average molecular weight is 243 g/mol. The van der Waals surface area contributed by atoms with Gasteiger partial charge < -0.3 is 5.73 Å². The number of hydrogen-bond donors (Lipinski definition) is 1. The lowest BCUT2D eigenvalue weighted by molar-refractivity contribution is 0.108. The molecule has 0 saturated heterocycles. The maximum Gasteiger partial charge on any atom is 0.224 e. The molecule has 86 valence electrons. The number of anilines is 1. The van der Waals surface area contributed by atoms with Gasteiger partial charge >= 0.3 is 0 Å². The molecule has 2 N–H and O–H groups in total. The van der Waals surface area contributed by atoms with E-state index in [0.29, 0.717) is 5.69 Å². The average Bonchev–Trinajstić information content (AvgIpc) is 2.33. The largest absolute Gasteiger partial charge is 0.399 e. The van der Waals surface area contributed by atoms with Crippen molar-refractivity contribution >= 4 is 22.6 Å². The molecule has 2 aromatic rings. The van der Waals surface area contributed by atoms with Crippen LogP contribution in [0.1, 0.15) is 15.9 Å². The van der Waals surface area contributed by atoms with Crippen LogP contribution in [0.25, 0.3) is 0 Å². The molecule has 0 aliphatic heterocycles. The highest BCUT2D eigenvalue weighted by Crippen LogP contribution is 2.23. The predicted molar refractivity (Wildman–Crippen MR) is 72.2 cm³/mol. The summed E-state index contributed by atoms with van der Waals surface area (Å²) in [7, 11) is 0. The Kier molecular flexibility index (Phi) is 3.49. The molecule has 2 nitrogen and oxygen atoms in total. The third kappa shape index (κ3) is 3.11. The molecule has 3 heteroatoms. The highest BCUT2D eigenvalue weighted by atomic mass is 32.2. The van der Waals surface area contributed by atoms with E-state index < -0.39 is 0 Å². The van der Waals surface area contributed by atoms with Crippen molar-refractivity contribution in [3.63, 3.8) is 0 Å². The van der Waals surface area contributed by atoms with Crippen LogP contribution < -0.4 is 5.73 Å². The molecule has 0 aliphatic carbocycles. The van der Waals surface area contributed by atoms with E-state index >= 15 is 0 Å². The topological polar surface area (TPSA) is 43.1 Å². The second kappa shape index (κ2) is 5.06. The third-order valence-electron chi connectivity index (χ3n) is 2.38. The molecular formula is C14H13NOS. The van der Waals surface area contributed by atoms with Gasteiger partial charge in [-0.1, -0.05) is 29.8 Å². The highest BCUT2D eigenvalue weighted by molar-refractivity contribution is 8.14. The molecule has 0 atom stereocenters. The Morgan fingerprint density at radius 2 is 1.59 bits per heavy atom. The number of nitrogen functional groups attached to an aromatic ring is 1. The molecule has 0 bridgehead atoms. The molecule has 0 saturated carbocycles. The number of carbonyl (C=O) groups excluding carboxylic acids is 1. The van der Waals surface area contributed by atoms with Gasteiger partial charge in [-0.05, 0) is 43.0 Å². The second-order valence-electron chi connectivity index (χ2n) is 3.82. The molecule has 0 radical (unpaired) electrons. The van der Waals surface area contributed by atoms with Gasteiger partial charge in [0.1, 0.15) is 0 Å². The van der Waals surface area contributed by atoms with E-state index in [4.69, 9.17) is 5.73 Å². The first-order valence-electron chi connectivity index (χ1n) is 5.29. The summed E-state index contributed by atoms with van der Waals surface area (Å²) in [4.78, 5) is 12.8. The van der Waals surface area contributed by atoms with E-state index in [9.17, 15) is 4.79 Å². The Balaban J connectivity index is 2.11. The molecule has 2 aromatic carbocycles. The van der Waals surface area contributed by atoms with Crippen LogP contribution in [0.4, 0.5) is 5.69 Å². The van der Waals surface area contributed by atoms with Crippen LogP contribution in [0.2, 0.25) is 0 Å². The zero-order chi connectivity index (χ0) is 12.3. The zero-order valence-electron chi connectivity index (χ0n) is 9.51. The Hall–Kier alpha value is -1.74. The van der Waals surface area contributed by atoms with Gasteiger partial charge in [0.05, 0.1) is 0 Å². The molecule has 0 amide bonds. The SMILES string of the molecule is Cc1ccc(C(=O)Sc2ccc(N)cc2)cc1. The van der Waals surface area contributed by atoms with Crippen LogP contribution in [-0.2, 0) is 0 Å². The highest BCUT2D eigenvalue weighted by Gasteiger charge is 2.07. The lowest BCUT2D eigenvalue weighted by atomic mass is 10.2. The summed E-state index contributed by atoms with van der Waals surface area (Å²) < 4.78 is 0. The number of carbonyl (C=O) groups is 1. The van der Waals surface area contributed by atoms with Gasteiger partial charge in [0.15, 0.2) is 0 Å². The molecule has 17 heavy (non-hydrogen) atoms. The fourth-order valence-electron chi connectivity index (χ4n) is 1.39. The van der Waals surface area contributed by atoms with E-state index in [0.717, 1.165) is 16.0 Å². The van der Waals surface area contributed by atoms with Crippen molar-refractivity contribution in [2.24, 2.45) is 0 Å². The Labute approximate surface area is 105 Å². The van der Waals surface area contributed by atoms with Crippen molar-refractivity contribution in [3.05, 3.63) is 59.7 Å². The van der Waals surface area contributed by atoms with Gasteiger partial charge in [-0.25, -0.2) is 0 Å². The molecular weight excluding hydrogens is 230 g/mol. The van der Waals surface area contributed by atoms with E-state index in [1.165, 1.54) is 11.8 Å². The van der Waals surface area contributed by atoms with Crippen LogP contribution in [0.15, 0.2) is 53.4 Å². The molecule has 0 aliphatic rings. The fourth-order valence-corrected chi connectivity index (χ4v) is 2.13. The normalized spacial score (nSPS) is 10.2.